The van der Waals surface area contributed by atoms with Crippen molar-refractivity contribution in [3.8, 4) is 11.9 Å². The molecule has 4 heterocycles. The molecular weight excluding hydrogens is 530 g/mol. The second kappa shape index (κ2) is 12.0. The maximum atomic E-state index is 13.7. The number of ether oxygens (including phenoxy) is 1. The van der Waals surface area contributed by atoms with Crippen molar-refractivity contribution < 1.29 is 23.1 Å². The third-order valence-corrected chi connectivity index (χ3v) is 7.33. The molecule has 1 atom stereocenters. The first-order valence-corrected chi connectivity index (χ1v) is 13.4. The molecule has 0 bridgehead atoms. The van der Waals surface area contributed by atoms with Crippen molar-refractivity contribution in [3.63, 3.8) is 0 Å². The van der Waals surface area contributed by atoms with Crippen LogP contribution >= 0.6 is 0 Å². The van der Waals surface area contributed by atoms with E-state index in [-0.39, 0.29) is 6.10 Å². The topological polar surface area (TPSA) is 111 Å². The van der Waals surface area contributed by atoms with Crippen LogP contribution in [0.15, 0.2) is 48.8 Å². The summed E-state index contributed by atoms with van der Waals surface area (Å²) < 4.78 is 33.4. The Morgan fingerprint density at radius 2 is 1.90 bits per heavy atom. The van der Waals surface area contributed by atoms with E-state index >= 15 is 0 Å². The fraction of sp³-hybridized carbons (Fsp3) is 0.367. The number of carbonyl (C=O) groups excluding carboxylic acids is 2. The molecule has 2 fully saturated rings. The zero-order valence-electron chi connectivity index (χ0n) is 22.6. The highest BCUT2D eigenvalue weighted by Crippen LogP contribution is 2.31. The third kappa shape index (κ3) is 6.84. The molecule has 2 saturated heterocycles. The summed E-state index contributed by atoms with van der Waals surface area (Å²) in [5.74, 6) is -3.80. The van der Waals surface area contributed by atoms with Crippen molar-refractivity contribution in [2.45, 2.75) is 37.3 Å². The number of aromatic nitrogens is 2. The molecule has 1 unspecified atom stereocenters. The quantitative estimate of drug-likeness (QED) is 0.468. The lowest BCUT2D eigenvalue weighted by Crippen LogP contribution is -2.43. The molecule has 2 aromatic heterocycles. The molecule has 0 spiro atoms. The minimum atomic E-state index is -3.12. The van der Waals surface area contributed by atoms with Crippen molar-refractivity contribution in [2.75, 3.05) is 33.2 Å². The maximum Gasteiger partial charge on any atom is 0.268 e. The molecule has 2 aliphatic rings. The Hall–Kier alpha value is -4.43. The van der Waals surface area contributed by atoms with Crippen LogP contribution in [0.3, 0.4) is 0 Å². The van der Waals surface area contributed by atoms with Crippen LogP contribution in [0.2, 0.25) is 0 Å². The number of nitrogens with zero attached hydrogens (tertiary/aromatic N) is 5. The highest BCUT2D eigenvalue weighted by Gasteiger charge is 2.47. The number of fused-ring (bicyclic) bond motifs is 1. The largest absolute Gasteiger partial charge is 0.474 e. The van der Waals surface area contributed by atoms with Crippen molar-refractivity contribution in [1.29, 1.82) is 5.26 Å². The number of pyridine rings is 2. The summed E-state index contributed by atoms with van der Waals surface area (Å²) in [5.41, 5.74) is 2.57. The lowest BCUT2D eigenvalue weighted by Gasteiger charge is -2.28. The molecule has 0 radical (unpaired) electrons. The number of amides is 2. The number of nitrogens with one attached hydrogen (secondary N) is 1. The fourth-order valence-corrected chi connectivity index (χ4v) is 5.04. The predicted octanol–water partition coefficient (Wildman–Crippen LogP) is 3.76. The first kappa shape index (κ1) is 28.1. The fourth-order valence-electron chi connectivity index (χ4n) is 5.04. The van der Waals surface area contributed by atoms with Gasteiger partial charge in [-0.1, -0.05) is 18.2 Å². The van der Waals surface area contributed by atoms with Gasteiger partial charge in [0.15, 0.2) is 0 Å². The summed E-state index contributed by atoms with van der Waals surface area (Å²) in [6.45, 7) is 0.687. The zero-order chi connectivity index (χ0) is 29.0. The monoisotopic (exact) mass is 560 g/mol. The summed E-state index contributed by atoms with van der Waals surface area (Å²) in [6.07, 6.45) is 8.45. The van der Waals surface area contributed by atoms with E-state index in [0.717, 1.165) is 42.0 Å². The second-order valence-electron chi connectivity index (χ2n) is 10.4. The lowest BCUT2D eigenvalue weighted by molar-refractivity contribution is -0.131. The Kier molecular flexibility index (Phi) is 8.21. The molecule has 0 aliphatic carbocycles. The van der Waals surface area contributed by atoms with Crippen molar-refractivity contribution in [3.05, 3.63) is 65.5 Å². The molecule has 1 N–H and O–H groups in total. The van der Waals surface area contributed by atoms with E-state index in [1.165, 1.54) is 12.3 Å². The van der Waals surface area contributed by atoms with E-state index in [9.17, 15) is 18.4 Å². The molecular formula is C30H30F2N6O3. The smallest absolute Gasteiger partial charge is 0.268 e. The molecule has 0 saturated carbocycles. The number of halogens is 2. The SMILES string of the molecule is CN1CCC(Oc2ccc(C=Cc3ccc4nccc(C(=O)NCC(=O)N5CC(F)(F)CC5C#N)c4c3)cn2)CC1. The van der Waals surface area contributed by atoms with Gasteiger partial charge in [0, 0.05) is 43.4 Å². The van der Waals surface area contributed by atoms with E-state index in [1.807, 2.05) is 36.4 Å². The van der Waals surface area contributed by atoms with Gasteiger partial charge in [-0.2, -0.15) is 5.26 Å². The van der Waals surface area contributed by atoms with E-state index in [0.29, 0.717) is 22.3 Å². The Bertz CT molecular complexity index is 1500. The van der Waals surface area contributed by atoms with Crippen LogP contribution in [0.5, 0.6) is 5.88 Å². The standard InChI is InChI=1S/C30H30F2N6O3/c1-37-12-9-23(10-13-37)41-27-7-5-21(17-35-27)3-2-20-4-6-26-25(14-20)24(8-11-34-26)29(40)36-18-28(39)38-19-30(31,32)15-22(38)16-33/h2-8,11,14,17,22-23H,9-10,12-13,15,18-19H2,1H3,(H,36,40). The van der Waals surface area contributed by atoms with E-state index in [1.54, 1.807) is 18.3 Å². The van der Waals surface area contributed by atoms with Crippen molar-refractivity contribution in [2.24, 2.45) is 0 Å². The molecule has 3 aromatic rings. The number of hydrogen-bond acceptors (Lipinski definition) is 7. The normalized spacial score (nSPS) is 19.4. The average Bonchev–Trinajstić information content (AvgIpc) is 3.30. The summed E-state index contributed by atoms with van der Waals surface area (Å²) in [7, 11) is 2.11. The molecule has 1 aromatic carbocycles. The summed E-state index contributed by atoms with van der Waals surface area (Å²) in [5, 5.41) is 12.2. The Morgan fingerprint density at radius 1 is 1.15 bits per heavy atom. The average molecular weight is 561 g/mol. The first-order valence-electron chi connectivity index (χ1n) is 13.4. The van der Waals surface area contributed by atoms with Gasteiger partial charge < -0.3 is 19.9 Å². The number of hydrogen-bond donors (Lipinski definition) is 1. The summed E-state index contributed by atoms with van der Waals surface area (Å²) in [4.78, 5) is 37.3. The van der Waals surface area contributed by atoms with Gasteiger partial charge >= 0.3 is 0 Å². The Morgan fingerprint density at radius 3 is 2.63 bits per heavy atom. The molecule has 2 amide bonds. The third-order valence-electron chi connectivity index (χ3n) is 7.33. The van der Waals surface area contributed by atoms with Crippen LogP contribution in [0.4, 0.5) is 8.78 Å². The number of nitriles is 1. The van der Waals surface area contributed by atoms with Gasteiger partial charge in [0.2, 0.25) is 11.8 Å². The van der Waals surface area contributed by atoms with Gasteiger partial charge in [0.05, 0.1) is 30.2 Å². The Balaban J connectivity index is 1.23. The molecule has 9 nitrogen and oxygen atoms in total. The first-order chi connectivity index (χ1) is 19.7. The highest BCUT2D eigenvalue weighted by molar-refractivity contribution is 6.07. The number of carbonyl (C=O) groups is 2. The Labute approximate surface area is 236 Å². The predicted molar refractivity (Wildman–Crippen MR) is 149 cm³/mol. The molecule has 41 heavy (non-hydrogen) atoms. The van der Waals surface area contributed by atoms with Crippen molar-refractivity contribution in [1.82, 2.24) is 25.1 Å². The van der Waals surface area contributed by atoms with Crippen molar-refractivity contribution >= 4 is 34.9 Å². The van der Waals surface area contributed by atoms with Gasteiger partial charge in [-0.3, -0.25) is 14.6 Å². The van der Waals surface area contributed by atoms with Crippen LogP contribution in [0.1, 0.15) is 40.7 Å². The van der Waals surface area contributed by atoms with Gasteiger partial charge in [0.25, 0.3) is 11.8 Å². The molecule has 212 valence electrons. The van der Waals surface area contributed by atoms with E-state index in [4.69, 9.17) is 10.00 Å². The van der Waals surface area contributed by atoms with Crippen LogP contribution in [0.25, 0.3) is 23.1 Å². The van der Waals surface area contributed by atoms with Crippen LogP contribution < -0.4 is 10.1 Å². The summed E-state index contributed by atoms with van der Waals surface area (Å²) in [6, 6.07) is 11.3. The van der Waals surface area contributed by atoms with Gasteiger partial charge in [-0.05, 0) is 55.3 Å². The number of alkyl halides is 2. The van der Waals surface area contributed by atoms with Gasteiger partial charge in [-0.15, -0.1) is 0 Å². The van der Waals surface area contributed by atoms with Crippen LogP contribution in [-0.2, 0) is 4.79 Å². The minimum absolute atomic E-state index is 0.176. The van der Waals surface area contributed by atoms with E-state index in [2.05, 4.69) is 27.2 Å². The van der Waals surface area contributed by atoms with Gasteiger partial charge in [-0.25, -0.2) is 13.8 Å². The second-order valence-corrected chi connectivity index (χ2v) is 10.4. The zero-order valence-corrected chi connectivity index (χ0v) is 22.6. The maximum absolute atomic E-state index is 13.7. The number of benzene rings is 1. The number of likely N-dealkylation sites (tertiary alicyclic amines) is 2. The highest BCUT2D eigenvalue weighted by atomic mass is 19.3. The molecule has 2 aliphatic heterocycles. The minimum Gasteiger partial charge on any atom is -0.474 e. The molecule has 5 rings (SSSR count). The van der Waals surface area contributed by atoms with Gasteiger partial charge in [0.1, 0.15) is 12.1 Å². The number of rotatable bonds is 7. The van der Waals surface area contributed by atoms with Crippen LogP contribution in [-0.4, -0.2) is 82.9 Å². The lowest BCUT2D eigenvalue weighted by atomic mass is 10.0. The summed E-state index contributed by atoms with van der Waals surface area (Å²) >= 11 is 0. The van der Waals surface area contributed by atoms with Crippen LogP contribution in [0, 0.1) is 11.3 Å². The number of piperidine rings is 1. The van der Waals surface area contributed by atoms with E-state index < -0.39 is 43.3 Å². The molecule has 11 heteroatoms.